The quantitative estimate of drug-likeness (QED) is 0.379. The van der Waals surface area contributed by atoms with Crippen LogP contribution in [0.1, 0.15) is 57.4 Å². The second-order valence-electron chi connectivity index (χ2n) is 9.67. The van der Waals surface area contributed by atoms with Crippen LogP contribution in [0.5, 0.6) is 5.75 Å². The number of ether oxygens (including phenoxy) is 1. The van der Waals surface area contributed by atoms with Crippen LogP contribution in [0.4, 0.5) is 5.69 Å². The van der Waals surface area contributed by atoms with Crippen LogP contribution in [0.25, 0.3) is 0 Å². The molecule has 0 radical (unpaired) electrons. The van der Waals surface area contributed by atoms with Gasteiger partial charge in [-0.05, 0) is 49.4 Å². The van der Waals surface area contributed by atoms with E-state index in [0.717, 1.165) is 37.5 Å². The Morgan fingerprint density at radius 2 is 1.84 bits per heavy atom. The molecule has 1 atom stereocenters. The van der Waals surface area contributed by atoms with E-state index >= 15 is 0 Å². The first-order valence-electron chi connectivity index (χ1n) is 13.1. The topological polar surface area (TPSA) is 96.0 Å². The van der Waals surface area contributed by atoms with Gasteiger partial charge in [0.25, 0.3) is 0 Å². The number of nitrogens with one attached hydrogen (secondary N) is 1. The first-order chi connectivity index (χ1) is 18.1. The number of anilines is 1. The fourth-order valence-corrected chi connectivity index (χ4v) is 6.02. The molecule has 1 aliphatic carbocycles. The number of carbonyl (C=O) groups excluding carboxylic acids is 2. The van der Waals surface area contributed by atoms with Gasteiger partial charge in [0.2, 0.25) is 21.8 Å². The Bertz CT molecular complexity index is 1200. The highest BCUT2D eigenvalue weighted by molar-refractivity contribution is 7.92. The van der Waals surface area contributed by atoms with Gasteiger partial charge in [0, 0.05) is 36.6 Å². The molecule has 1 fully saturated rings. The van der Waals surface area contributed by atoms with Crippen LogP contribution in [0.3, 0.4) is 0 Å². The van der Waals surface area contributed by atoms with Crippen LogP contribution >= 0.6 is 11.6 Å². The number of methoxy groups -OCH3 is 1. The molecule has 8 nitrogen and oxygen atoms in total. The van der Waals surface area contributed by atoms with Crippen molar-refractivity contribution in [2.45, 2.75) is 70.5 Å². The molecule has 2 aromatic rings. The van der Waals surface area contributed by atoms with Gasteiger partial charge in [-0.3, -0.25) is 13.9 Å². The van der Waals surface area contributed by atoms with Crippen LogP contribution in [-0.2, 0) is 26.2 Å². The first-order valence-corrected chi connectivity index (χ1v) is 15.3. The van der Waals surface area contributed by atoms with Crippen LogP contribution in [0.15, 0.2) is 48.5 Å². The average molecular weight is 564 g/mol. The zero-order valence-corrected chi connectivity index (χ0v) is 23.9. The molecule has 2 aromatic carbocycles. The molecule has 0 heterocycles. The summed E-state index contributed by atoms with van der Waals surface area (Å²) in [5, 5.41) is 3.65. The molecule has 0 spiro atoms. The van der Waals surface area contributed by atoms with Gasteiger partial charge in [-0.15, -0.1) is 0 Å². The number of sulfonamides is 1. The maximum atomic E-state index is 13.6. The zero-order chi connectivity index (χ0) is 27.7. The second kappa shape index (κ2) is 13.8. The van der Waals surface area contributed by atoms with Crippen molar-refractivity contribution in [1.82, 2.24) is 10.2 Å². The minimum absolute atomic E-state index is 0.0770. The van der Waals surface area contributed by atoms with Crippen LogP contribution in [0, 0.1) is 0 Å². The smallest absolute Gasteiger partial charge is 0.243 e. The number of amides is 2. The van der Waals surface area contributed by atoms with Gasteiger partial charge in [-0.1, -0.05) is 55.6 Å². The molecule has 0 aromatic heterocycles. The summed E-state index contributed by atoms with van der Waals surface area (Å²) in [6, 6.07) is 13.6. The molecule has 3 rings (SSSR count). The molecular weight excluding hydrogens is 526 g/mol. The van der Waals surface area contributed by atoms with Crippen molar-refractivity contribution in [3.63, 3.8) is 0 Å². The van der Waals surface area contributed by atoms with Gasteiger partial charge in [0.1, 0.15) is 11.8 Å². The van der Waals surface area contributed by atoms with E-state index in [4.69, 9.17) is 16.3 Å². The third-order valence-corrected chi connectivity index (χ3v) is 8.44. The van der Waals surface area contributed by atoms with Crippen molar-refractivity contribution in [3.05, 3.63) is 59.1 Å². The molecule has 1 N–H and O–H groups in total. The molecular formula is C28H38ClN3O5S. The summed E-state index contributed by atoms with van der Waals surface area (Å²) in [7, 11) is -2.07. The van der Waals surface area contributed by atoms with Crippen molar-refractivity contribution in [2.75, 3.05) is 24.2 Å². The minimum atomic E-state index is -3.59. The van der Waals surface area contributed by atoms with Gasteiger partial charge in [-0.2, -0.15) is 0 Å². The summed E-state index contributed by atoms with van der Waals surface area (Å²) in [5.41, 5.74) is 1.22. The molecule has 1 aliphatic rings. The van der Waals surface area contributed by atoms with Crippen molar-refractivity contribution in [3.8, 4) is 5.75 Å². The second-order valence-corrected chi connectivity index (χ2v) is 12.0. The summed E-state index contributed by atoms with van der Waals surface area (Å²) in [6.45, 7) is 2.20. The lowest BCUT2D eigenvalue weighted by atomic mass is 10.1. The molecule has 0 unspecified atom stereocenters. The van der Waals surface area contributed by atoms with E-state index in [-0.39, 0.29) is 43.8 Å². The standard InChI is InChI=1S/C28H38ClN3O5S/c1-4-26(28(34)30-22-12-6-7-13-22)31(20-21-11-5-8-16-25(21)29)27(33)17-10-18-32(38(3,35)36)23-14-9-15-24(19-23)37-2/h5,8-9,11,14-16,19,22,26H,4,6-7,10,12-13,17-18,20H2,1-3H3,(H,30,34)/t26-/m0/s1. The molecule has 2 amide bonds. The predicted molar refractivity (Wildman–Crippen MR) is 151 cm³/mol. The molecule has 10 heteroatoms. The molecule has 208 valence electrons. The van der Waals surface area contributed by atoms with Crippen molar-refractivity contribution in [2.24, 2.45) is 0 Å². The van der Waals surface area contributed by atoms with Gasteiger partial charge in [0.05, 0.1) is 19.1 Å². The highest BCUT2D eigenvalue weighted by Crippen LogP contribution is 2.25. The summed E-state index contributed by atoms with van der Waals surface area (Å²) >= 11 is 6.40. The highest BCUT2D eigenvalue weighted by atomic mass is 35.5. The Hall–Kier alpha value is -2.78. The number of hydrogen-bond donors (Lipinski definition) is 1. The Labute approximate surface area is 231 Å². The lowest BCUT2D eigenvalue weighted by Gasteiger charge is -2.32. The third-order valence-electron chi connectivity index (χ3n) is 6.88. The average Bonchev–Trinajstić information content (AvgIpc) is 3.39. The van der Waals surface area contributed by atoms with E-state index in [1.165, 1.54) is 11.4 Å². The third kappa shape index (κ3) is 8.11. The number of halogens is 1. The van der Waals surface area contributed by atoms with E-state index in [1.54, 1.807) is 35.2 Å². The van der Waals surface area contributed by atoms with E-state index in [2.05, 4.69) is 5.32 Å². The molecule has 1 saturated carbocycles. The maximum absolute atomic E-state index is 13.6. The first kappa shape index (κ1) is 29.8. The van der Waals surface area contributed by atoms with Gasteiger partial charge < -0.3 is 15.0 Å². The fraction of sp³-hybridized carbons (Fsp3) is 0.500. The van der Waals surface area contributed by atoms with Gasteiger partial charge in [-0.25, -0.2) is 8.42 Å². The van der Waals surface area contributed by atoms with Crippen molar-refractivity contribution in [1.29, 1.82) is 0 Å². The number of hydrogen-bond acceptors (Lipinski definition) is 5. The van der Waals surface area contributed by atoms with E-state index in [0.29, 0.717) is 22.9 Å². The SMILES string of the molecule is CC[C@@H](C(=O)NC1CCCC1)N(Cc1ccccc1Cl)C(=O)CCCN(c1cccc(OC)c1)S(C)(=O)=O. The van der Waals surface area contributed by atoms with Crippen LogP contribution in [0.2, 0.25) is 5.02 Å². The molecule has 0 saturated heterocycles. The minimum Gasteiger partial charge on any atom is -0.497 e. The molecule has 0 aliphatic heterocycles. The zero-order valence-electron chi connectivity index (χ0n) is 22.4. The fourth-order valence-electron chi connectivity index (χ4n) is 4.87. The normalized spacial score (nSPS) is 14.6. The highest BCUT2D eigenvalue weighted by Gasteiger charge is 2.31. The lowest BCUT2D eigenvalue weighted by Crippen LogP contribution is -2.51. The van der Waals surface area contributed by atoms with E-state index < -0.39 is 16.1 Å². The van der Waals surface area contributed by atoms with Crippen LogP contribution < -0.4 is 14.4 Å². The summed E-state index contributed by atoms with van der Waals surface area (Å²) in [6.07, 6.45) is 6.03. The number of benzene rings is 2. The van der Waals surface area contributed by atoms with E-state index in [1.807, 2.05) is 25.1 Å². The van der Waals surface area contributed by atoms with Crippen molar-refractivity contribution < 1.29 is 22.7 Å². The summed E-state index contributed by atoms with van der Waals surface area (Å²) in [4.78, 5) is 28.4. The van der Waals surface area contributed by atoms with E-state index in [9.17, 15) is 18.0 Å². The van der Waals surface area contributed by atoms with Crippen molar-refractivity contribution >= 4 is 39.1 Å². The molecule has 38 heavy (non-hydrogen) atoms. The maximum Gasteiger partial charge on any atom is 0.243 e. The largest absolute Gasteiger partial charge is 0.497 e. The van der Waals surface area contributed by atoms with Crippen LogP contribution in [-0.4, -0.2) is 57.1 Å². The Morgan fingerprint density at radius 1 is 1.13 bits per heavy atom. The number of rotatable bonds is 13. The Kier molecular flexibility index (Phi) is 10.8. The monoisotopic (exact) mass is 563 g/mol. The Morgan fingerprint density at radius 3 is 2.47 bits per heavy atom. The number of nitrogens with zero attached hydrogens (tertiary/aromatic N) is 2. The lowest BCUT2D eigenvalue weighted by molar-refractivity contribution is -0.141. The molecule has 0 bridgehead atoms. The summed E-state index contributed by atoms with van der Waals surface area (Å²) < 4.78 is 31.6. The van der Waals surface area contributed by atoms with Gasteiger partial charge >= 0.3 is 0 Å². The predicted octanol–water partition coefficient (Wildman–Crippen LogP) is 4.76. The summed E-state index contributed by atoms with van der Waals surface area (Å²) in [5.74, 6) is 0.156. The Balaban J connectivity index is 1.77. The van der Waals surface area contributed by atoms with Gasteiger partial charge in [0.15, 0.2) is 0 Å². The number of carbonyl (C=O) groups is 2.